The number of hydrogen-bond acceptors (Lipinski definition) is 6. The van der Waals surface area contributed by atoms with Gasteiger partial charge in [-0.05, 0) is 36.4 Å². The number of benzene rings is 1. The highest BCUT2D eigenvalue weighted by Crippen LogP contribution is 2.21. The van der Waals surface area contributed by atoms with Gasteiger partial charge >= 0.3 is 0 Å². The van der Waals surface area contributed by atoms with Crippen molar-refractivity contribution in [3.63, 3.8) is 0 Å². The molecule has 0 unspecified atom stereocenters. The molecule has 1 fully saturated rings. The Morgan fingerprint density at radius 2 is 1.81 bits per heavy atom. The van der Waals surface area contributed by atoms with Gasteiger partial charge in [0.05, 0.1) is 7.11 Å². The number of thioether (sulfide) groups is 1. The van der Waals surface area contributed by atoms with Crippen molar-refractivity contribution in [1.29, 1.82) is 0 Å². The number of anilines is 1. The fourth-order valence-corrected chi connectivity index (χ4v) is 4.13. The van der Waals surface area contributed by atoms with Crippen LogP contribution in [0.3, 0.4) is 0 Å². The molecule has 1 aromatic carbocycles. The molecule has 7 heteroatoms. The van der Waals surface area contributed by atoms with Crippen LogP contribution in [-0.4, -0.2) is 65.1 Å². The van der Waals surface area contributed by atoms with Crippen LogP contribution in [0.25, 0.3) is 5.65 Å². The van der Waals surface area contributed by atoms with E-state index in [0.717, 1.165) is 55.0 Å². The van der Waals surface area contributed by atoms with Crippen LogP contribution in [0.4, 0.5) is 5.69 Å². The van der Waals surface area contributed by atoms with Crippen molar-refractivity contribution in [2.24, 2.45) is 0 Å². The molecule has 1 saturated heterocycles. The average Bonchev–Trinajstić information content (AvgIpc) is 3.12. The van der Waals surface area contributed by atoms with Gasteiger partial charge in [0.2, 0.25) is 0 Å². The average molecular weight is 369 g/mol. The molecular weight excluding hydrogens is 346 g/mol. The van der Waals surface area contributed by atoms with Gasteiger partial charge < -0.3 is 9.64 Å². The molecule has 0 atom stereocenters. The third-order valence-corrected chi connectivity index (χ3v) is 5.65. The Balaban J connectivity index is 1.25. The lowest BCUT2D eigenvalue weighted by Gasteiger charge is -2.36. The normalized spacial score (nSPS) is 15.5. The van der Waals surface area contributed by atoms with Gasteiger partial charge in [-0.2, -0.15) is 0 Å². The quantitative estimate of drug-likeness (QED) is 0.623. The Morgan fingerprint density at radius 3 is 2.58 bits per heavy atom. The first kappa shape index (κ1) is 17.2. The molecular formula is C19H23N5OS. The number of fused-ring (bicyclic) bond motifs is 1. The monoisotopic (exact) mass is 369 g/mol. The van der Waals surface area contributed by atoms with Crippen molar-refractivity contribution in [2.75, 3.05) is 50.5 Å². The van der Waals surface area contributed by atoms with E-state index >= 15 is 0 Å². The Bertz CT molecular complexity index is 843. The van der Waals surface area contributed by atoms with Crippen molar-refractivity contribution < 1.29 is 4.74 Å². The largest absolute Gasteiger partial charge is 0.497 e. The van der Waals surface area contributed by atoms with Gasteiger partial charge in [-0.1, -0.05) is 17.8 Å². The lowest BCUT2D eigenvalue weighted by Crippen LogP contribution is -2.47. The van der Waals surface area contributed by atoms with Crippen molar-refractivity contribution in [2.45, 2.75) is 5.16 Å². The van der Waals surface area contributed by atoms with E-state index in [1.54, 1.807) is 18.9 Å². The zero-order valence-electron chi connectivity index (χ0n) is 14.9. The molecule has 0 amide bonds. The number of piperazine rings is 1. The summed E-state index contributed by atoms with van der Waals surface area (Å²) in [6.45, 7) is 5.37. The summed E-state index contributed by atoms with van der Waals surface area (Å²) in [6, 6.07) is 14.3. The van der Waals surface area contributed by atoms with Crippen LogP contribution in [0.15, 0.2) is 53.8 Å². The summed E-state index contributed by atoms with van der Waals surface area (Å²) < 4.78 is 7.28. The van der Waals surface area contributed by atoms with Crippen LogP contribution in [0, 0.1) is 0 Å². The third kappa shape index (κ3) is 3.78. The Kier molecular flexibility index (Phi) is 5.26. The van der Waals surface area contributed by atoms with Gasteiger partial charge in [0.1, 0.15) is 5.75 Å². The standard InChI is InChI=1S/C19H23N5OS/c1-25-17-7-5-16(6-8-17)23-12-10-22(11-13-23)14-15-26-19-21-20-18-4-2-3-9-24(18)19/h2-9H,10-15H2,1H3. The van der Waals surface area contributed by atoms with E-state index < -0.39 is 0 Å². The first-order chi connectivity index (χ1) is 12.8. The minimum absolute atomic E-state index is 0.906. The maximum Gasteiger partial charge on any atom is 0.195 e. The molecule has 0 spiro atoms. The van der Waals surface area contributed by atoms with Gasteiger partial charge in [-0.3, -0.25) is 9.30 Å². The number of aromatic nitrogens is 3. The first-order valence-corrected chi connectivity index (χ1v) is 9.86. The number of rotatable bonds is 6. The summed E-state index contributed by atoms with van der Waals surface area (Å²) in [6.07, 6.45) is 2.02. The number of ether oxygens (including phenoxy) is 1. The Hall–Kier alpha value is -2.25. The summed E-state index contributed by atoms with van der Waals surface area (Å²) >= 11 is 1.77. The van der Waals surface area contributed by atoms with E-state index in [1.165, 1.54) is 5.69 Å². The van der Waals surface area contributed by atoms with Gasteiger partial charge in [0.25, 0.3) is 0 Å². The Morgan fingerprint density at radius 1 is 1.00 bits per heavy atom. The highest BCUT2D eigenvalue weighted by Gasteiger charge is 2.17. The molecule has 3 heterocycles. The Labute approximate surface area is 157 Å². The van der Waals surface area contributed by atoms with Crippen molar-refractivity contribution in [3.05, 3.63) is 48.7 Å². The van der Waals surface area contributed by atoms with E-state index in [0.29, 0.717) is 0 Å². The molecule has 6 nitrogen and oxygen atoms in total. The minimum Gasteiger partial charge on any atom is -0.497 e. The molecule has 0 saturated carbocycles. The number of methoxy groups -OCH3 is 1. The third-order valence-electron chi connectivity index (χ3n) is 4.73. The fraction of sp³-hybridized carbons (Fsp3) is 0.368. The highest BCUT2D eigenvalue weighted by atomic mass is 32.2. The summed E-state index contributed by atoms with van der Waals surface area (Å²) in [7, 11) is 1.70. The zero-order valence-corrected chi connectivity index (χ0v) is 15.7. The number of pyridine rings is 1. The zero-order chi connectivity index (χ0) is 17.8. The molecule has 1 aliphatic heterocycles. The van der Waals surface area contributed by atoms with E-state index in [4.69, 9.17) is 4.74 Å². The molecule has 1 aliphatic rings. The van der Waals surface area contributed by atoms with Gasteiger partial charge in [0, 0.05) is 50.4 Å². The maximum absolute atomic E-state index is 5.23. The summed E-state index contributed by atoms with van der Waals surface area (Å²) in [5.74, 6) is 1.93. The molecule has 3 aromatic rings. The summed E-state index contributed by atoms with van der Waals surface area (Å²) in [5, 5.41) is 9.46. The highest BCUT2D eigenvalue weighted by molar-refractivity contribution is 7.99. The second kappa shape index (κ2) is 7.97. The smallest absolute Gasteiger partial charge is 0.195 e. The summed E-state index contributed by atoms with van der Waals surface area (Å²) in [5.41, 5.74) is 2.18. The fourth-order valence-electron chi connectivity index (χ4n) is 3.21. The first-order valence-electron chi connectivity index (χ1n) is 8.87. The van der Waals surface area contributed by atoms with Crippen LogP contribution in [0.2, 0.25) is 0 Å². The summed E-state index contributed by atoms with van der Waals surface area (Å²) in [4.78, 5) is 4.96. The number of hydrogen-bond donors (Lipinski definition) is 0. The van der Waals surface area contributed by atoms with E-state index in [2.05, 4.69) is 32.1 Å². The second-order valence-electron chi connectivity index (χ2n) is 6.29. The molecule has 0 radical (unpaired) electrons. The van der Waals surface area contributed by atoms with Crippen LogP contribution in [-0.2, 0) is 0 Å². The van der Waals surface area contributed by atoms with Crippen LogP contribution < -0.4 is 9.64 Å². The SMILES string of the molecule is COc1ccc(N2CCN(CCSc3nnc4ccccn34)CC2)cc1. The van der Waals surface area contributed by atoms with E-state index in [-0.39, 0.29) is 0 Å². The van der Waals surface area contributed by atoms with Gasteiger partial charge in [-0.25, -0.2) is 0 Å². The van der Waals surface area contributed by atoms with Crippen molar-refractivity contribution in [1.82, 2.24) is 19.5 Å². The molecule has 0 bridgehead atoms. The van der Waals surface area contributed by atoms with E-state index in [9.17, 15) is 0 Å². The maximum atomic E-state index is 5.23. The molecule has 4 rings (SSSR count). The lowest BCUT2D eigenvalue weighted by atomic mass is 10.2. The topological polar surface area (TPSA) is 45.9 Å². The molecule has 2 aromatic heterocycles. The van der Waals surface area contributed by atoms with Crippen LogP contribution in [0.1, 0.15) is 0 Å². The molecule has 0 aliphatic carbocycles. The minimum atomic E-state index is 0.906. The predicted octanol–water partition coefficient (Wildman–Crippen LogP) is 2.65. The van der Waals surface area contributed by atoms with Gasteiger partial charge in [-0.15, -0.1) is 10.2 Å². The number of nitrogens with zero attached hydrogens (tertiary/aromatic N) is 5. The molecule has 26 heavy (non-hydrogen) atoms. The van der Waals surface area contributed by atoms with Crippen molar-refractivity contribution >= 4 is 23.1 Å². The molecule has 136 valence electrons. The predicted molar refractivity (Wildman–Crippen MR) is 105 cm³/mol. The van der Waals surface area contributed by atoms with Crippen LogP contribution >= 0.6 is 11.8 Å². The van der Waals surface area contributed by atoms with Crippen LogP contribution in [0.5, 0.6) is 5.75 Å². The van der Waals surface area contributed by atoms with Crippen molar-refractivity contribution in [3.8, 4) is 5.75 Å². The molecule has 0 N–H and O–H groups in total. The lowest BCUT2D eigenvalue weighted by molar-refractivity contribution is 0.273. The van der Waals surface area contributed by atoms with E-state index in [1.807, 2.05) is 40.9 Å². The van der Waals surface area contributed by atoms with Gasteiger partial charge in [0.15, 0.2) is 10.8 Å². The second-order valence-corrected chi connectivity index (χ2v) is 7.35.